The fraction of sp³-hybridized carbons (Fsp3) is 0.143. The highest BCUT2D eigenvalue weighted by Gasteiger charge is 2.08. The van der Waals surface area contributed by atoms with E-state index in [0.717, 1.165) is 0 Å². The van der Waals surface area contributed by atoms with Crippen molar-refractivity contribution in [3.8, 4) is 5.75 Å². The van der Waals surface area contributed by atoms with Crippen LogP contribution in [0.25, 0.3) is 0 Å². The van der Waals surface area contributed by atoms with Crippen molar-refractivity contribution >= 4 is 17.0 Å². The quantitative estimate of drug-likeness (QED) is 0.730. The number of rotatable bonds is 5. The second kappa shape index (κ2) is 5.75. The summed E-state index contributed by atoms with van der Waals surface area (Å²) in [4.78, 5) is 5.50. The summed E-state index contributed by atoms with van der Waals surface area (Å²) in [5, 5.41) is 5.96. The molecule has 6 heteroatoms. The Bertz CT molecular complexity index is 679. The Morgan fingerprint density at radius 2 is 2.20 bits per heavy atom. The summed E-state index contributed by atoms with van der Waals surface area (Å²) in [7, 11) is 0. The van der Waals surface area contributed by atoms with E-state index in [1.807, 2.05) is 29.6 Å². The average Bonchev–Trinajstić information content (AvgIpc) is 3.09. The van der Waals surface area contributed by atoms with Gasteiger partial charge in [-0.05, 0) is 23.6 Å². The number of benzene rings is 1. The lowest BCUT2D eigenvalue weighted by atomic mass is 10.3. The van der Waals surface area contributed by atoms with Crippen molar-refractivity contribution in [1.29, 1.82) is 0 Å². The molecule has 2 N–H and O–H groups in total. The van der Waals surface area contributed by atoms with Crippen LogP contribution in [-0.4, -0.2) is 10.1 Å². The SMILES string of the molecule is Nc1cccc(OCc2nc(Cc3cccs3)no2)c1. The zero-order valence-electron chi connectivity index (χ0n) is 10.7. The van der Waals surface area contributed by atoms with E-state index in [-0.39, 0.29) is 6.61 Å². The van der Waals surface area contributed by atoms with Gasteiger partial charge < -0.3 is 15.0 Å². The summed E-state index contributed by atoms with van der Waals surface area (Å²) in [6.07, 6.45) is 0.680. The summed E-state index contributed by atoms with van der Waals surface area (Å²) >= 11 is 1.67. The van der Waals surface area contributed by atoms with Crippen LogP contribution >= 0.6 is 11.3 Å². The van der Waals surface area contributed by atoms with Gasteiger partial charge in [0.25, 0.3) is 5.89 Å². The number of nitrogens with two attached hydrogens (primary N) is 1. The summed E-state index contributed by atoms with van der Waals surface area (Å²) in [5.74, 6) is 1.81. The number of nitrogen functional groups attached to an aromatic ring is 1. The van der Waals surface area contributed by atoms with E-state index in [1.54, 1.807) is 23.5 Å². The van der Waals surface area contributed by atoms with Crippen LogP contribution < -0.4 is 10.5 Å². The molecule has 0 radical (unpaired) electrons. The molecule has 5 nitrogen and oxygen atoms in total. The molecule has 20 heavy (non-hydrogen) atoms. The van der Waals surface area contributed by atoms with E-state index in [2.05, 4.69) is 10.1 Å². The molecule has 2 heterocycles. The Morgan fingerprint density at radius 1 is 1.25 bits per heavy atom. The summed E-state index contributed by atoms with van der Waals surface area (Å²) in [6, 6.07) is 11.3. The third kappa shape index (κ3) is 3.16. The van der Waals surface area contributed by atoms with Gasteiger partial charge in [0.05, 0.1) is 0 Å². The molecule has 0 amide bonds. The first-order valence-electron chi connectivity index (χ1n) is 6.12. The number of hydrogen-bond donors (Lipinski definition) is 1. The fourth-order valence-corrected chi connectivity index (χ4v) is 2.44. The van der Waals surface area contributed by atoms with E-state index < -0.39 is 0 Å². The predicted octanol–water partition coefficient (Wildman–Crippen LogP) is 2.88. The van der Waals surface area contributed by atoms with Crippen LogP contribution in [-0.2, 0) is 13.0 Å². The smallest absolute Gasteiger partial charge is 0.264 e. The van der Waals surface area contributed by atoms with Gasteiger partial charge in [-0.3, -0.25) is 0 Å². The van der Waals surface area contributed by atoms with Gasteiger partial charge in [0.1, 0.15) is 5.75 Å². The lowest BCUT2D eigenvalue weighted by Gasteiger charge is -2.03. The van der Waals surface area contributed by atoms with E-state index >= 15 is 0 Å². The maximum absolute atomic E-state index is 5.68. The molecule has 0 fully saturated rings. The Hall–Kier alpha value is -2.34. The zero-order valence-corrected chi connectivity index (χ0v) is 11.5. The first kappa shape index (κ1) is 12.7. The topological polar surface area (TPSA) is 74.2 Å². The van der Waals surface area contributed by atoms with Crippen LogP contribution in [0.15, 0.2) is 46.3 Å². The molecule has 1 aromatic carbocycles. The van der Waals surface area contributed by atoms with Crippen LogP contribution in [0.2, 0.25) is 0 Å². The third-order valence-electron chi connectivity index (χ3n) is 2.64. The second-order valence-electron chi connectivity index (χ2n) is 4.22. The molecule has 0 saturated carbocycles. The molecule has 0 aliphatic rings. The van der Waals surface area contributed by atoms with Crippen molar-refractivity contribution in [3.05, 3.63) is 58.4 Å². The van der Waals surface area contributed by atoms with Gasteiger partial charge in [-0.1, -0.05) is 17.3 Å². The van der Waals surface area contributed by atoms with Gasteiger partial charge >= 0.3 is 0 Å². The lowest BCUT2D eigenvalue weighted by molar-refractivity contribution is 0.242. The van der Waals surface area contributed by atoms with Crippen molar-refractivity contribution in [2.24, 2.45) is 0 Å². The van der Waals surface area contributed by atoms with Crippen molar-refractivity contribution in [3.63, 3.8) is 0 Å². The van der Waals surface area contributed by atoms with E-state index in [0.29, 0.717) is 29.6 Å². The molecule has 0 bridgehead atoms. The monoisotopic (exact) mass is 287 g/mol. The number of ether oxygens (including phenoxy) is 1. The van der Waals surface area contributed by atoms with Crippen molar-refractivity contribution in [2.45, 2.75) is 13.0 Å². The number of aromatic nitrogens is 2. The number of nitrogens with zero attached hydrogens (tertiary/aromatic N) is 2. The molecule has 3 rings (SSSR count). The van der Waals surface area contributed by atoms with E-state index in [1.165, 1.54) is 4.88 Å². The van der Waals surface area contributed by atoms with Crippen LogP contribution in [0.4, 0.5) is 5.69 Å². The fourth-order valence-electron chi connectivity index (χ4n) is 1.74. The molecule has 0 aliphatic carbocycles. The molecule has 0 spiro atoms. The van der Waals surface area contributed by atoms with E-state index in [4.69, 9.17) is 15.0 Å². The van der Waals surface area contributed by atoms with Gasteiger partial charge in [-0.15, -0.1) is 11.3 Å². The second-order valence-corrected chi connectivity index (χ2v) is 5.25. The van der Waals surface area contributed by atoms with Gasteiger partial charge in [0.2, 0.25) is 0 Å². The van der Waals surface area contributed by atoms with Crippen LogP contribution in [0.5, 0.6) is 5.75 Å². The zero-order chi connectivity index (χ0) is 13.8. The van der Waals surface area contributed by atoms with Crippen LogP contribution in [0, 0.1) is 0 Å². The highest BCUT2D eigenvalue weighted by atomic mass is 32.1. The van der Waals surface area contributed by atoms with Gasteiger partial charge in [0, 0.05) is 23.1 Å². The molecule has 3 aromatic rings. The van der Waals surface area contributed by atoms with Crippen molar-refractivity contribution in [1.82, 2.24) is 10.1 Å². The maximum atomic E-state index is 5.68. The Morgan fingerprint density at radius 3 is 3.00 bits per heavy atom. The predicted molar refractivity (Wildman–Crippen MR) is 76.6 cm³/mol. The van der Waals surface area contributed by atoms with Crippen molar-refractivity contribution in [2.75, 3.05) is 5.73 Å². The molecule has 0 aliphatic heterocycles. The Kier molecular flexibility index (Phi) is 3.64. The number of thiophene rings is 1. The first-order valence-corrected chi connectivity index (χ1v) is 7.00. The van der Waals surface area contributed by atoms with Gasteiger partial charge in [-0.25, -0.2) is 0 Å². The Labute approximate surface area is 120 Å². The summed E-state index contributed by atoms with van der Waals surface area (Å²) in [6.45, 7) is 0.237. The number of hydrogen-bond acceptors (Lipinski definition) is 6. The summed E-state index contributed by atoms with van der Waals surface area (Å²) in [5.41, 5.74) is 6.34. The molecule has 0 saturated heterocycles. The minimum atomic E-state index is 0.237. The van der Waals surface area contributed by atoms with Crippen LogP contribution in [0.1, 0.15) is 16.6 Å². The Balaban J connectivity index is 1.60. The highest BCUT2D eigenvalue weighted by Crippen LogP contribution is 2.16. The molecule has 0 atom stereocenters. The molecule has 2 aromatic heterocycles. The van der Waals surface area contributed by atoms with Crippen LogP contribution in [0.3, 0.4) is 0 Å². The maximum Gasteiger partial charge on any atom is 0.264 e. The minimum Gasteiger partial charge on any atom is -0.484 e. The van der Waals surface area contributed by atoms with Gasteiger partial charge in [-0.2, -0.15) is 4.98 Å². The average molecular weight is 287 g/mol. The minimum absolute atomic E-state index is 0.237. The van der Waals surface area contributed by atoms with E-state index in [9.17, 15) is 0 Å². The molecule has 102 valence electrons. The molecule has 0 unspecified atom stereocenters. The normalized spacial score (nSPS) is 10.6. The molecular weight excluding hydrogens is 274 g/mol. The largest absolute Gasteiger partial charge is 0.484 e. The highest BCUT2D eigenvalue weighted by molar-refractivity contribution is 7.09. The summed E-state index contributed by atoms with van der Waals surface area (Å²) < 4.78 is 10.7. The number of anilines is 1. The van der Waals surface area contributed by atoms with Crippen molar-refractivity contribution < 1.29 is 9.26 Å². The van der Waals surface area contributed by atoms with Gasteiger partial charge in [0.15, 0.2) is 12.4 Å². The molecular formula is C14H13N3O2S. The third-order valence-corrected chi connectivity index (χ3v) is 3.52. The first-order chi connectivity index (χ1) is 9.79. The standard InChI is InChI=1S/C14H13N3O2S/c15-10-3-1-4-11(7-10)18-9-14-16-13(17-19-14)8-12-5-2-6-20-12/h1-7H,8-9,15H2. The lowest BCUT2D eigenvalue weighted by Crippen LogP contribution is -1.97.